The quantitative estimate of drug-likeness (QED) is 0.308. The van der Waals surface area contributed by atoms with Gasteiger partial charge in [0.25, 0.3) is 5.69 Å². The fourth-order valence-electron chi connectivity index (χ4n) is 5.49. The second kappa shape index (κ2) is 11.4. The Morgan fingerprint density at radius 2 is 1.98 bits per heavy atom. The average Bonchev–Trinajstić information content (AvgIpc) is 3.54. The zero-order valence-electron chi connectivity index (χ0n) is 21.8. The second-order valence-electron chi connectivity index (χ2n) is 10.4. The van der Waals surface area contributed by atoms with E-state index in [1.807, 2.05) is 30.3 Å². The van der Waals surface area contributed by atoms with Crippen molar-refractivity contribution in [2.24, 2.45) is 5.92 Å². The van der Waals surface area contributed by atoms with Crippen molar-refractivity contribution < 1.29 is 37.5 Å². The summed E-state index contributed by atoms with van der Waals surface area (Å²) < 4.78 is 44.9. The van der Waals surface area contributed by atoms with Crippen LogP contribution < -0.4 is 10.6 Å². The highest BCUT2D eigenvalue weighted by Crippen LogP contribution is 2.33. The number of nitro groups is 1. The van der Waals surface area contributed by atoms with Gasteiger partial charge in [0.2, 0.25) is 10.0 Å². The summed E-state index contributed by atoms with van der Waals surface area (Å²) in [5.41, 5.74) is -1.32. The predicted molar refractivity (Wildman–Crippen MR) is 141 cm³/mol. The number of β-amino-alcohol motifs (C(OH)–C–C–N with tert-alkyl or cyclic N) is 1. The van der Waals surface area contributed by atoms with Gasteiger partial charge in [-0.2, -0.15) is 4.31 Å². The number of nitro benzene ring substituents is 1. The number of carbonyl (C=O) groups excluding carboxylic acids is 1. The molecule has 216 valence electrons. The number of aliphatic hydroxyl groups is 1. The molecule has 3 N–H and O–H groups in total. The van der Waals surface area contributed by atoms with E-state index in [1.165, 1.54) is 12.1 Å². The molecule has 13 nitrogen and oxygen atoms in total. The lowest BCUT2D eigenvalue weighted by Gasteiger charge is -2.46. The van der Waals surface area contributed by atoms with E-state index in [-0.39, 0.29) is 42.6 Å². The van der Waals surface area contributed by atoms with Crippen LogP contribution in [0.4, 0.5) is 10.5 Å². The zero-order chi connectivity index (χ0) is 28.5. The third-order valence-corrected chi connectivity index (χ3v) is 9.30. The van der Waals surface area contributed by atoms with Crippen LogP contribution in [0, 0.1) is 16.0 Å². The molecule has 0 bridgehead atoms. The molecule has 1 unspecified atom stereocenters. The number of hydrogen-bond acceptors (Lipinski definition) is 10. The first-order valence-corrected chi connectivity index (χ1v) is 14.5. The summed E-state index contributed by atoms with van der Waals surface area (Å²) >= 11 is 0. The fourth-order valence-corrected chi connectivity index (χ4v) is 7.05. The van der Waals surface area contributed by atoms with Crippen molar-refractivity contribution in [1.29, 1.82) is 0 Å². The van der Waals surface area contributed by atoms with Crippen molar-refractivity contribution in [3.05, 3.63) is 70.3 Å². The predicted octanol–water partition coefficient (Wildman–Crippen LogP) is 1.36. The Hall–Kier alpha value is -3.14. The molecule has 3 heterocycles. The number of non-ortho nitro benzene ring substituents is 1. The van der Waals surface area contributed by atoms with Crippen LogP contribution in [0.2, 0.25) is 0 Å². The highest BCUT2D eigenvalue weighted by atomic mass is 32.2. The third-order valence-electron chi connectivity index (χ3n) is 7.47. The normalized spacial score (nSPS) is 29.4. The zero-order valence-corrected chi connectivity index (χ0v) is 22.7. The van der Waals surface area contributed by atoms with Gasteiger partial charge in [0.15, 0.2) is 12.0 Å². The molecular weight excluding hydrogens is 544 g/mol. The van der Waals surface area contributed by atoms with Crippen molar-refractivity contribution in [2.45, 2.75) is 54.9 Å². The molecule has 40 heavy (non-hydrogen) atoms. The number of sulfonamides is 1. The van der Waals surface area contributed by atoms with Gasteiger partial charge in [-0.25, -0.2) is 13.2 Å². The van der Waals surface area contributed by atoms with E-state index in [4.69, 9.17) is 14.2 Å². The first kappa shape index (κ1) is 28.4. The minimum absolute atomic E-state index is 0.0343. The van der Waals surface area contributed by atoms with Gasteiger partial charge in [-0.05, 0) is 37.5 Å². The molecule has 14 heteroatoms. The Balaban J connectivity index is 1.37. The number of hydrogen-bond donors (Lipinski definition) is 3. The molecule has 3 fully saturated rings. The van der Waals surface area contributed by atoms with Crippen molar-refractivity contribution in [3.63, 3.8) is 0 Å². The van der Waals surface area contributed by atoms with Crippen LogP contribution in [-0.4, -0.2) is 85.4 Å². The topological polar surface area (TPSA) is 170 Å². The third kappa shape index (κ3) is 5.96. The molecule has 3 aliphatic rings. The number of alkyl carbamates (subject to hydrolysis) is 1. The first-order valence-electron chi connectivity index (χ1n) is 13.0. The van der Waals surface area contributed by atoms with Crippen LogP contribution in [0.25, 0.3) is 0 Å². The van der Waals surface area contributed by atoms with Gasteiger partial charge in [-0.1, -0.05) is 30.3 Å². The Morgan fingerprint density at radius 1 is 1.25 bits per heavy atom. The van der Waals surface area contributed by atoms with Crippen molar-refractivity contribution in [1.82, 2.24) is 14.9 Å². The summed E-state index contributed by atoms with van der Waals surface area (Å²) in [5.74, 6) is -0.0726. The van der Waals surface area contributed by atoms with Crippen molar-refractivity contribution in [2.75, 3.05) is 26.3 Å². The number of nitrogens with one attached hydrogen (secondary N) is 2. The van der Waals surface area contributed by atoms with Crippen LogP contribution in [0.5, 0.6) is 0 Å². The van der Waals surface area contributed by atoms with Gasteiger partial charge in [0.1, 0.15) is 6.10 Å². The summed E-state index contributed by atoms with van der Waals surface area (Å²) in [6.07, 6.45) is -0.791. The summed E-state index contributed by atoms with van der Waals surface area (Å²) in [5, 5.41) is 28.8. The second-order valence-corrected chi connectivity index (χ2v) is 12.3. The molecule has 1 amide bonds. The minimum atomic E-state index is -4.14. The van der Waals surface area contributed by atoms with Gasteiger partial charge in [0, 0.05) is 24.7 Å². The highest BCUT2D eigenvalue weighted by molar-refractivity contribution is 7.89. The lowest BCUT2D eigenvalue weighted by molar-refractivity contribution is -0.384. The molecule has 0 spiro atoms. The molecule has 3 saturated heterocycles. The van der Waals surface area contributed by atoms with E-state index in [9.17, 15) is 28.4 Å². The molecule has 0 aromatic heterocycles. The highest BCUT2D eigenvalue weighted by Gasteiger charge is 2.48. The average molecular weight is 577 g/mol. The monoisotopic (exact) mass is 576 g/mol. The summed E-state index contributed by atoms with van der Waals surface area (Å²) in [6.45, 7) is 2.09. The van der Waals surface area contributed by atoms with Crippen LogP contribution in [0.3, 0.4) is 0 Å². The van der Waals surface area contributed by atoms with Crippen LogP contribution in [-0.2, 0) is 30.7 Å². The van der Waals surface area contributed by atoms with Crippen molar-refractivity contribution in [3.8, 4) is 0 Å². The Labute approximate surface area is 231 Å². The van der Waals surface area contributed by atoms with Crippen LogP contribution >= 0.6 is 0 Å². The largest absolute Gasteiger partial charge is 0.443 e. The number of piperazine rings is 1. The summed E-state index contributed by atoms with van der Waals surface area (Å²) in [6, 6.07) is 12.3. The van der Waals surface area contributed by atoms with E-state index in [1.54, 1.807) is 6.92 Å². The van der Waals surface area contributed by atoms with Gasteiger partial charge < -0.3 is 24.6 Å². The fraction of sp³-hybridized carbons (Fsp3) is 0.500. The Morgan fingerprint density at radius 3 is 2.67 bits per heavy atom. The van der Waals surface area contributed by atoms with E-state index >= 15 is 0 Å². The maximum Gasteiger partial charge on any atom is 0.407 e. The maximum atomic E-state index is 13.5. The van der Waals surface area contributed by atoms with Gasteiger partial charge in [0.05, 0.1) is 41.5 Å². The van der Waals surface area contributed by atoms with Crippen LogP contribution in [0.1, 0.15) is 18.9 Å². The van der Waals surface area contributed by atoms with E-state index in [0.717, 1.165) is 22.0 Å². The molecule has 6 atom stereocenters. The number of amides is 1. The number of rotatable bonds is 8. The van der Waals surface area contributed by atoms with Crippen molar-refractivity contribution >= 4 is 21.8 Å². The van der Waals surface area contributed by atoms with E-state index < -0.39 is 51.2 Å². The summed E-state index contributed by atoms with van der Waals surface area (Å²) in [4.78, 5) is 23.3. The minimum Gasteiger partial charge on any atom is -0.443 e. The molecule has 0 saturated carbocycles. The number of fused-ring (bicyclic) bond motifs is 1. The van der Waals surface area contributed by atoms with E-state index in [2.05, 4.69) is 10.6 Å². The molecule has 2 aromatic rings. The van der Waals surface area contributed by atoms with Gasteiger partial charge in [-0.3, -0.25) is 15.4 Å². The number of ether oxygens (including phenoxy) is 3. The lowest BCUT2D eigenvalue weighted by Crippen LogP contribution is -2.73. The molecular formula is C26H32N4O9S. The van der Waals surface area contributed by atoms with Gasteiger partial charge >= 0.3 is 6.09 Å². The SMILES string of the molecule is CC1CN(S(=O)(=O)c2ccc([N+](=O)[O-])cc2)C[C@@](O)([C@H](Cc2ccccc2)NC(=O)O[C@@H]2CO[C@@H]3OCC[C@@H]32)N1. The smallest absolute Gasteiger partial charge is 0.407 e. The molecule has 2 aromatic carbocycles. The Kier molecular flexibility index (Phi) is 8.08. The molecule has 3 aliphatic heterocycles. The Bertz CT molecular complexity index is 1330. The first-order chi connectivity index (χ1) is 19.0. The number of nitrogens with zero attached hydrogens (tertiary/aromatic N) is 2. The van der Waals surface area contributed by atoms with E-state index in [0.29, 0.717) is 13.0 Å². The number of carbonyl (C=O) groups is 1. The maximum absolute atomic E-state index is 13.5. The molecule has 5 rings (SSSR count). The lowest BCUT2D eigenvalue weighted by atomic mass is 9.93. The van der Waals surface area contributed by atoms with Crippen LogP contribution in [0.15, 0.2) is 59.5 Å². The standard InChI is InChI=1S/C26H32N4O9S/c1-17-14-29(40(35,36)20-9-7-19(8-10-20)30(33)34)16-26(32,28-17)23(13-18-5-3-2-4-6-18)27-25(31)39-22-15-38-24-21(22)11-12-37-24/h2-10,17,21-24,28,32H,11-16H2,1H3,(H,27,31)/t17?,21-,22-,23+,24+,26-/m1/s1. The van der Waals surface area contributed by atoms with Gasteiger partial charge in [-0.15, -0.1) is 0 Å². The summed E-state index contributed by atoms with van der Waals surface area (Å²) in [7, 11) is -4.14. The molecule has 0 radical (unpaired) electrons. The molecule has 0 aliphatic carbocycles. The number of benzene rings is 2.